The van der Waals surface area contributed by atoms with Gasteiger partial charge in [0, 0.05) is 18.7 Å². The van der Waals surface area contributed by atoms with Crippen LogP contribution in [0, 0.1) is 0 Å². The second kappa shape index (κ2) is 13.0. The number of methoxy groups -OCH3 is 1. The number of aliphatic imine (C=N–C) groups is 1. The van der Waals surface area contributed by atoms with E-state index in [2.05, 4.69) is 17.2 Å². The van der Waals surface area contributed by atoms with Gasteiger partial charge in [-0.25, -0.2) is 4.99 Å². The topological polar surface area (TPSA) is 80.2 Å². The van der Waals surface area contributed by atoms with Crippen molar-refractivity contribution in [3.05, 3.63) is 48.5 Å². The number of amides is 2. The van der Waals surface area contributed by atoms with Gasteiger partial charge in [-0.2, -0.15) is 0 Å². The van der Waals surface area contributed by atoms with Gasteiger partial charge in [0.2, 0.25) is 11.8 Å². The van der Waals surface area contributed by atoms with Crippen LogP contribution >= 0.6 is 11.8 Å². The quantitative estimate of drug-likeness (QED) is 0.419. The first kappa shape index (κ1) is 25.6. The van der Waals surface area contributed by atoms with Crippen molar-refractivity contribution in [1.29, 1.82) is 0 Å². The van der Waals surface area contributed by atoms with Gasteiger partial charge in [-0.15, -0.1) is 0 Å². The van der Waals surface area contributed by atoms with Crippen LogP contribution in [-0.4, -0.2) is 47.4 Å². The van der Waals surface area contributed by atoms with Crippen LogP contribution in [0.4, 0.5) is 11.4 Å². The molecule has 34 heavy (non-hydrogen) atoms. The molecular weight excluding hydrogens is 450 g/mol. The fourth-order valence-electron chi connectivity index (χ4n) is 3.55. The third-order valence-electron chi connectivity index (χ3n) is 5.44. The molecule has 1 aliphatic heterocycles. The SMILES string of the molecule is CCCCCCOc1ccc(NC(=O)C2CC(=O)N(CC)C(=Nc3ccccc3OC)S2)cc1. The fourth-order valence-corrected chi connectivity index (χ4v) is 4.71. The highest BCUT2D eigenvalue weighted by atomic mass is 32.2. The van der Waals surface area contributed by atoms with Crippen LogP contribution in [0.5, 0.6) is 11.5 Å². The van der Waals surface area contributed by atoms with E-state index in [9.17, 15) is 9.59 Å². The highest BCUT2D eigenvalue weighted by Crippen LogP contribution is 2.33. The van der Waals surface area contributed by atoms with Gasteiger partial charge >= 0.3 is 0 Å². The third-order valence-corrected chi connectivity index (χ3v) is 6.63. The van der Waals surface area contributed by atoms with Crippen LogP contribution in [0.1, 0.15) is 46.0 Å². The Bertz CT molecular complexity index is 994. The van der Waals surface area contributed by atoms with Gasteiger partial charge in [-0.3, -0.25) is 14.5 Å². The number of anilines is 1. The summed E-state index contributed by atoms with van der Waals surface area (Å²) < 4.78 is 11.1. The number of carbonyl (C=O) groups excluding carboxylic acids is 2. The molecule has 7 nitrogen and oxygen atoms in total. The number of unbranched alkanes of at least 4 members (excludes halogenated alkanes) is 3. The average Bonchev–Trinajstić information content (AvgIpc) is 2.85. The van der Waals surface area contributed by atoms with Crippen molar-refractivity contribution >= 4 is 40.1 Å². The number of nitrogens with zero attached hydrogens (tertiary/aromatic N) is 2. The maximum Gasteiger partial charge on any atom is 0.238 e. The molecule has 1 aliphatic rings. The minimum atomic E-state index is -0.571. The second-order valence-corrected chi connectivity index (χ2v) is 9.11. The lowest BCUT2D eigenvalue weighted by Gasteiger charge is -2.31. The largest absolute Gasteiger partial charge is 0.494 e. The smallest absolute Gasteiger partial charge is 0.238 e. The molecular formula is C26H33N3O4S. The van der Waals surface area contributed by atoms with Crippen LogP contribution in [-0.2, 0) is 9.59 Å². The number of ether oxygens (including phenoxy) is 2. The number of para-hydroxylation sites is 2. The molecule has 8 heteroatoms. The summed E-state index contributed by atoms with van der Waals surface area (Å²) in [6.07, 6.45) is 4.74. The van der Waals surface area contributed by atoms with Crippen LogP contribution in [0.2, 0.25) is 0 Å². The number of hydrogen-bond acceptors (Lipinski definition) is 6. The normalized spacial score (nSPS) is 17.0. The number of rotatable bonds is 11. The lowest BCUT2D eigenvalue weighted by atomic mass is 10.2. The summed E-state index contributed by atoms with van der Waals surface area (Å²) >= 11 is 1.29. The Morgan fingerprint density at radius 1 is 1.12 bits per heavy atom. The fraction of sp³-hybridized carbons (Fsp3) is 0.423. The molecule has 0 spiro atoms. The molecule has 0 aliphatic carbocycles. The van der Waals surface area contributed by atoms with E-state index in [0.29, 0.717) is 35.4 Å². The summed E-state index contributed by atoms with van der Waals surface area (Å²) in [5.74, 6) is 1.04. The third kappa shape index (κ3) is 7.00. The zero-order valence-corrected chi connectivity index (χ0v) is 20.9. The molecule has 0 saturated carbocycles. The van der Waals surface area contributed by atoms with E-state index in [-0.39, 0.29) is 18.2 Å². The first-order valence-corrected chi connectivity index (χ1v) is 12.7. The summed E-state index contributed by atoms with van der Waals surface area (Å²) in [5.41, 5.74) is 1.28. The summed E-state index contributed by atoms with van der Waals surface area (Å²) in [6, 6.07) is 14.7. The zero-order chi connectivity index (χ0) is 24.3. The summed E-state index contributed by atoms with van der Waals surface area (Å²) in [5, 5.41) is 2.84. The Kier molecular flexibility index (Phi) is 9.82. The molecule has 1 N–H and O–H groups in total. The minimum Gasteiger partial charge on any atom is -0.494 e. The van der Waals surface area contributed by atoms with Crippen LogP contribution in [0.3, 0.4) is 0 Å². The number of thioether (sulfide) groups is 1. The maximum atomic E-state index is 13.0. The van der Waals surface area contributed by atoms with Crippen molar-refractivity contribution in [2.24, 2.45) is 4.99 Å². The number of amidine groups is 1. The van der Waals surface area contributed by atoms with E-state index in [4.69, 9.17) is 9.47 Å². The van der Waals surface area contributed by atoms with Crippen molar-refractivity contribution in [2.45, 2.75) is 51.2 Å². The number of carbonyl (C=O) groups is 2. The number of benzene rings is 2. The molecule has 1 unspecified atom stereocenters. The second-order valence-electron chi connectivity index (χ2n) is 7.94. The van der Waals surface area contributed by atoms with E-state index < -0.39 is 5.25 Å². The lowest BCUT2D eigenvalue weighted by molar-refractivity contribution is -0.129. The maximum absolute atomic E-state index is 13.0. The Morgan fingerprint density at radius 2 is 1.88 bits per heavy atom. The van der Waals surface area contributed by atoms with E-state index in [0.717, 1.165) is 12.2 Å². The van der Waals surface area contributed by atoms with Gasteiger partial charge in [0.1, 0.15) is 22.4 Å². The molecule has 0 aromatic heterocycles. The van der Waals surface area contributed by atoms with E-state index in [1.54, 1.807) is 12.0 Å². The molecule has 1 fully saturated rings. The van der Waals surface area contributed by atoms with E-state index >= 15 is 0 Å². The zero-order valence-electron chi connectivity index (χ0n) is 20.1. The first-order chi connectivity index (χ1) is 16.5. The Morgan fingerprint density at radius 3 is 2.59 bits per heavy atom. The molecule has 1 heterocycles. The van der Waals surface area contributed by atoms with E-state index in [1.165, 1.54) is 31.0 Å². The predicted molar refractivity (Wildman–Crippen MR) is 138 cm³/mol. The average molecular weight is 484 g/mol. The van der Waals surface area contributed by atoms with Gasteiger partial charge in [0.15, 0.2) is 5.17 Å². The van der Waals surface area contributed by atoms with Crippen molar-refractivity contribution in [3.63, 3.8) is 0 Å². The van der Waals surface area contributed by atoms with E-state index in [1.807, 2.05) is 55.5 Å². The van der Waals surface area contributed by atoms with Crippen molar-refractivity contribution in [1.82, 2.24) is 4.90 Å². The predicted octanol–water partition coefficient (Wildman–Crippen LogP) is 5.63. The Balaban J connectivity index is 1.64. The molecule has 0 radical (unpaired) electrons. The summed E-state index contributed by atoms with van der Waals surface area (Å²) in [6.45, 7) is 5.25. The highest BCUT2D eigenvalue weighted by molar-refractivity contribution is 8.15. The molecule has 3 rings (SSSR count). The van der Waals surface area contributed by atoms with Crippen LogP contribution < -0.4 is 14.8 Å². The van der Waals surface area contributed by atoms with Gasteiger partial charge < -0.3 is 14.8 Å². The standard InChI is InChI=1S/C26H33N3O4S/c1-4-6-7-10-17-33-20-15-13-19(14-16-20)27-25(31)23-18-24(30)29(5-2)26(34-23)28-21-11-8-9-12-22(21)32-3/h8-9,11-16,23H,4-7,10,17-18H2,1-3H3,(H,27,31). The Hall–Kier alpha value is -3.00. The van der Waals surface area contributed by atoms with Gasteiger partial charge in [-0.1, -0.05) is 50.1 Å². The van der Waals surface area contributed by atoms with Gasteiger partial charge in [-0.05, 0) is 49.7 Å². The monoisotopic (exact) mass is 483 g/mol. The summed E-state index contributed by atoms with van der Waals surface area (Å²) in [7, 11) is 1.58. The molecule has 182 valence electrons. The first-order valence-electron chi connectivity index (χ1n) is 11.8. The molecule has 1 atom stereocenters. The minimum absolute atomic E-state index is 0.119. The summed E-state index contributed by atoms with van der Waals surface area (Å²) in [4.78, 5) is 32.0. The van der Waals surface area contributed by atoms with Crippen LogP contribution in [0.25, 0.3) is 0 Å². The van der Waals surface area contributed by atoms with Crippen molar-refractivity contribution in [2.75, 3.05) is 25.6 Å². The number of nitrogens with one attached hydrogen (secondary N) is 1. The molecule has 0 bridgehead atoms. The molecule has 2 aromatic carbocycles. The van der Waals surface area contributed by atoms with Crippen LogP contribution in [0.15, 0.2) is 53.5 Å². The van der Waals surface area contributed by atoms with Crippen molar-refractivity contribution in [3.8, 4) is 11.5 Å². The van der Waals surface area contributed by atoms with Gasteiger partial charge in [0.25, 0.3) is 0 Å². The number of hydrogen-bond donors (Lipinski definition) is 1. The van der Waals surface area contributed by atoms with Crippen molar-refractivity contribution < 1.29 is 19.1 Å². The highest BCUT2D eigenvalue weighted by Gasteiger charge is 2.35. The molecule has 2 amide bonds. The van der Waals surface area contributed by atoms with Gasteiger partial charge in [0.05, 0.1) is 13.7 Å². The lowest BCUT2D eigenvalue weighted by Crippen LogP contribution is -2.45. The molecule has 1 saturated heterocycles. The Labute approximate surface area is 205 Å². The molecule has 2 aromatic rings.